The van der Waals surface area contributed by atoms with Gasteiger partial charge in [-0.1, -0.05) is 5.16 Å². The first-order chi connectivity index (χ1) is 7.61. The summed E-state index contributed by atoms with van der Waals surface area (Å²) in [6.07, 6.45) is 1.51. The van der Waals surface area contributed by atoms with Crippen LogP contribution in [0.25, 0.3) is 0 Å². The van der Waals surface area contributed by atoms with Gasteiger partial charge in [0.25, 0.3) is 0 Å². The van der Waals surface area contributed by atoms with Crippen molar-refractivity contribution < 1.29 is 15.1 Å². The smallest absolute Gasteiger partial charge is 0.230 e. The summed E-state index contributed by atoms with van der Waals surface area (Å²) >= 11 is 0. The van der Waals surface area contributed by atoms with Crippen LogP contribution in [0.4, 0.5) is 0 Å². The van der Waals surface area contributed by atoms with Gasteiger partial charge in [-0.2, -0.15) is 0 Å². The molecule has 0 bridgehead atoms. The maximum atomic E-state index is 11.7. The number of nitrogens with zero attached hydrogens (tertiary/aromatic N) is 2. The summed E-state index contributed by atoms with van der Waals surface area (Å²) < 4.78 is 0. The monoisotopic (exact) mass is 227 g/mol. The third kappa shape index (κ3) is 1.97. The Kier molecular flexibility index (Phi) is 3.00. The Morgan fingerprint density at radius 3 is 2.81 bits per heavy atom. The van der Waals surface area contributed by atoms with Crippen LogP contribution in [0.5, 0.6) is 0 Å². The zero-order valence-corrected chi connectivity index (χ0v) is 9.04. The van der Waals surface area contributed by atoms with Gasteiger partial charge < -0.3 is 20.9 Å². The molecule has 16 heavy (non-hydrogen) atoms. The highest BCUT2D eigenvalue weighted by Crippen LogP contribution is 2.38. The number of amidine groups is 1. The summed E-state index contributed by atoms with van der Waals surface area (Å²) in [4.78, 5) is 13.4. The molecule has 0 aromatic rings. The lowest BCUT2D eigenvalue weighted by Crippen LogP contribution is -2.33. The van der Waals surface area contributed by atoms with Crippen molar-refractivity contribution in [2.45, 2.75) is 25.4 Å². The van der Waals surface area contributed by atoms with Crippen LogP contribution in [-0.2, 0) is 4.79 Å². The number of likely N-dealkylation sites (tertiary alicyclic amines) is 1. The molecule has 2 fully saturated rings. The fraction of sp³-hybridized carbons (Fsp3) is 0.800. The summed E-state index contributed by atoms with van der Waals surface area (Å²) in [5.41, 5.74) is 5.29. The molecular weight excluding hydrogens is 210 g/mol. The molecule has 1 aliphatic carbocycles. The first-order valence-electron chi connectivity index (χ1n) is 5.54. The third-order valence-electron chi connectivity index (χ3n) is 3.63. The zero-order chi connectivity index (χ0) is 11.7. The van der Waals surface area contributed by atoms with E-state index in [0.29, 0.717) is 19.0 Å². The molecule has 1 saturated heterocycles. The van der Waals surface area contributed by atoms with Crippen molar-refractivity contribution in [1.29, 1.82) is 0 Å². The summed E-state index contributed by atoms with van der Waals surface area (Å²) in [6.45, 7) is 1.29. The van der Waals surface area contributed by atoms with E-state index >= 15 is 0 Å². The molecule has 1 amide bonds. The van der Waals surface area contributed by atoms with Crippen molar-refractivity contribution in [1.82, 2.24) is 4.90 Å². The van der Waals surface area contributed by atoms with Gasteiger partial charge in [-0.15, -0.1) is 0 Å². The number of carbonyl (C=O) groups excluding carboxylic acids is 1. The molecule has 0 radical (unpaired) electrons. The first kappa shape index (κ1) is 11.2. The topological polar surface area (TPSA) is 99.2 Å². The van der Waals surface area contributed by atoms with Crippen molar-refractivity contribution in [3.05, 3.63) is 0 Å². The van der Waals surface area contributed by atoms with E-state index in [0.717, 1.165) is 12.8 Å². The van der Waals surface area contributed by atoms with E-state index in [-0.39, 0.29) is 30.2 Å². The zero-order valence-electron chi connectivity index (χ0n) is 9.04. The van der Waals surface area contributed by atoms with Crippen LogP contribution < -0.4 is 5.73 Å². The second-order valence-electron chi connectivity index (χ2n) is 4.64. The second-order valence-corrected chi connectivity index (χ2v) is 4.64. The molecule has 2 aliphatic rings. The number of hydrogen-bond donors (Lipinski definition) is 3. The van der Waals surface area contributed by atoms with Crippen molar-refractivity contribution in [3.63, 3.8) is 0 Å². The van der Waals surface area contributed by atoms with Crippen molar-refractivity contribution in [2.24, 2.45) is 22.7 Å². The van der Waals surface area contributed by atoms with Crippen LogP contribution in [0.3, 0.4) is 0 Å². The lowest BCUT2D eigenvalue weighted by molar-refractivity contribution is -0.129. The van der Waals surface area contributed by atoms with Crippen LogP contribution in [-0.4, -0.2) is 46.1 Å². The maximum absolute atomic E-state index is 11.7. The van der Waals surface area contributed by atoms with Gasteiger partial charge in [0.05, 0.1) is 12.5 Å². The fourth-order valence-corrected chi connectivity index (χ4v) is 2.74. The number of oxime groups is 1. The van der Waals surface area contributed by atoms with Gasteiger partial charge in [0, 0.05) is 19.0 Å². The number of aliphatic hydroxyl groups is 1. The predicted octanol–water partition coefficient (Wildman–Crippen LogP) is -0.648. The molecule has 0 aromatic heterocycles. The Morgan fingerprint density at radius 2 is 2.19 bits per heavy atom. The van der Waals surface area contributed by atoms with E-state index in [4.69, 9.17) is 10.9 Å². The number of hydrogen-bond acceptors (Lipinski definition) is 4. The van der Waals surface area contributed by atoms with Gasteiger partial charge in [0.1, 0.15) is 5.84 Å². The molecule has 1 saturated carbocycles. The number of nitrogens with two attached hydrogens (primary N) is 1. The Labute approximate surface area is 93.7 Å². The minimum absolute atomic E-state index is 0.0496. The molecule has 3 unspecified atom stereocenters. The number of aliphatic hydroxyl groups excluding tert-OH is 1. The normalized spacial score (nSPS) is 34.2. The van der Waals surface area contributed by atoms with E-state index in [1.54, 1.807) is 4.90 Å². The molecule has 6 heteroatoms. The van der Waals surface area contributed by atoms with E-state index in [9.17, 15) is 9.90 Å². The highest BCUT2D eigenvalue weighted by Gasteiger charge is 2.43. The molecule has 90 valence electrons. The average Bonchev–Trinajstić information content (AvgIpc) is 2.81. The van der Waals surface area contributed by atoms with Crippen molar-refractivity contribution in [2.75, 3.05) is 13.1 Å². The minimum atomic E-state index is -0.272. The summed E-state index contributed by atoms with van der Waals surface area (Å²) in [5.74, 6) is 0.446. The molecule has 4 N–H and O–H groups in total. The highest BCUT2D eigenvalue weighted by atomic mass is 16.4. The Hall–Kier alpha value is -1.30. The van der Waals surface area contributed by atoms with Crippen LogP contribution in [0.1, 0.15) is 19.3 Å². The van der Waals surface area contributed by atoms with Crippen molar-refractivity contribution in [3.8, 4) is 0 Å². The molecule has 6 nitrogen and oxygen atoms in total. The fourth-order valence-electron chi connectivity index (χ4n) is 2.74. The predicted molar refractivity (Wildman–Crippen MR) is 56.8 cm³/mol. The highest BCUT2D eigenvalue weighted by molar-refractivity contribution is 5.98. The molecular formula is C10H17N3O3. The van der Waals surface area contributed by atoms with E-state index in [1.165, 1.54) is 0 Å². The Morgan fingerprint density at radius 1 is 1.44 bits per heavy atom. The third-order valence-corrected chi connectivity index (χ3v) is 3.63. The number of amides is 1. The molecule has 2 rings (SSSR count). The quantitative estimate of drug-likeness (QED) is 0.253. The number of carbonyl (C=O) groups is 1. The molecule has 1 heterocycles. The largest absolute Gasteiger partial charge is 0.409 e. The minimum Gasteiger partial charge on any atom is -0.409 e. The van der Waals surface area contributed by atoms with Gasteiger partial charge in [-0.25, -0.2) is 0 Å². The van der Waals surface area contributed by atoms with E-state index in [2.05, 4.69) is 5.16 Å². The Balaban J connectivity index is 1.91. The van der Waals surface area contributed by atoms with Crippen LogP contribution in [0.15, 0.2) is 5.16 Å². The molecule has 0 aromatic carbocycles. The number of rotatable bonds is 2. The van der Waals surface area contributed by atoms with Crippen molar-refractivity contribution >= 4 is 11.7 Å². The molecule has 0 spiro atoms. The second kappa shape index (κ2) is 4.29. The van der Waals surface area contributed by atoms with Gasteiger partial charge in [0.2, 0.25) is 5.91 Å². The van der Waals surface area contributed by atoms with Crippen LogP contribution in [0, 0.1) is 11.8 Å². The standard InChI is InChI=1S/C10H17N3O3/c11-9(12-16)3-10(15)13-4-6-1-2-8(14)7(6)5-13/h6-8,14,16H,1-5H2,(H2,11,12). The van der Waals surface area contributed by atoms with Crippen LogP contribution >= 0.6 is 0 Å². The van der Waals surface area contributed by atoms with E-state index in [1.807, 2.05) is 0 Å². The van der Waals surface area contributed by atoms with E-state index < -0.39 is 0 Å². The summed E-state index contributed by atoms with van der Waals surface area (Å²) in [6, 6.07) is 0. The lowest BCUT2D eigenvalue weighted by Gasteiger charge is -2.17. The first-order valence-corrected chi connectivity index (χ1v) is 5.54. The van der Waals surface area contributed by atoms with Gasteiger partial charge in [-0.05, 0) is 18.8 Å². The van der Waals surface area contributed by atoms with Gasteiger partial charge in [0.15, 0.2) is 0 Å². The summed E-state index contributed by atoms with van der Waals surface area (Å²) in [5, 5.41) is 20.9. The Bertz CT molecular complexity index is 318. The lowest BCUT2D eigenvalue weighted by atomic mass is 10.00. The van der Waals surface area contributed by atoms with Gasteiger partial charge >= 0.3 is 0 Å². The number of fused-ring (bicyclic) bond motifs is 1. The SMILES string of the molecule is NC(CC(=O)N1CC2CCC(O)C2C1)=NO. The summed E-state index contributed by atoms with van der Waals surface area (Å²) in [7, 11) is 0. The molecule has 3 atom stereocenters. The molecule has 1 aliphatic heterocycles. The van der Waals surface area contributed by atoms with Gasteiger partial charge in [-0.3, -0.25) is 4.79 Å². The average molecular weight is 227 g/mol. The van der Waals surface area contributed by atoms with Crippen LogP contribution in [0.2, 0.25) is 0 Å². The maximum Gasteiger partial charge on any atom is 0.230 e.